The zero-order chi connectivity index (χ0) is 26.2. The van der Waals surface area contributed by atoms with Gasteiger partial charge in [-0.3, -0.25) is 9.59 Å². The van der Waals surface area contributed by atoms with Gasteiger partial charge in [0.05, 0.1) is 0 Å². The molecule has 2 atom stereocenters. The van der Waals surface area contributed by atoms with Crippen molar-refractivity contribution >= 4 is 35.1 Å². The normalized spacial score (nSPS) is 12.1. The third-order valence-corrected chi connectivity index (χ3v) is 5.38. The fourth-order valence-corrected chi connectivity index (χ4v) is 3.31. The van der Waals surface area contributed by atoms with Crippen molar-refractivity contribution < 1.29 is 28.7 Å². The van der Waals surface area contributed by atoms with Gasteiger partial charge in [-0.2, -0.15) is 0 Å². The van der Waals surface area contributed by atoms with Crippen LogP contribution in [0.2, 0.25) is 0 Å². The van der Waals surface area contributed by atoms with E-state index in [1.54, 1.807) is 62.6 Å². The lowest BCUT2D eigenvalue weighted by Gasteiger charge is -2.22. The molecule has 3 rings (SSSR count). The van der Waals surface area contributed by atoms with Crippen LogP contribution in [0.4, 0.5) is 11.4 Å². The summed E-state index contributed by atoms with van der Waals surface area (Å²) >= 11 is 0. The third-order valence-electron chi connectivity index (χ3n) is 5.38. The minimum atomic E-state index is -1.09. The second kappa shape index (κ2) is 11.7. The quantitative estimate of drug-likeness (QED) is 0.446. The molecule has 0 fully saturated rings. The molecule has 0 bridgehead atoms. The number of carbonyl (C=O) groups excluding carboxylic acids is 4. The van der Waals surface area contributed by atoms with E-state index < -0.39 is 36.0 Å². The number of esters is 2. The first-order valence-electron chi connectivity index (χ1n) is 11.2. The Balaban J connectivity index is 1.62. The number of para-hydroxylation sites is 2. The minimum Gasteiger partial charge on any atom is -0.448 e. The van der Waals surface area contributed by atoms with Gasteiger partial charge in [0.1, 0.15) is 11.4 Å². The SMILES string of the molecule is C[C@@H](OC(=O)c1cccc(C(=O)O[C@H](C)C(=O)N(C)c2ccccc2)n1)C(=O)N(C)c1ccccc1. The van der Waals surface area contributed by atoms with E-state index in [0.29, 0.717) is 11.4 Å². The molecular formula is C27H27N3O6. The highest BCUT2D eigenvalue weighted by Crippen LogP contribution is 2.15. The van der Waals surface area contributed by atoms with Crippen molar-refractivity contribution in [3.05, 3.63) is 90.3 Å². The lowest BCUT2D eigenvalue weighted by molar-refractivity contribution is -0.126. The van der Waals surface area contributed by atoms with E-state index in [1.165, 1.54) is 41.8 Å². The summed E-state index contributed by atoms with van der Waals surface area (Å²) in [6.07, 6.45) is -2.18. The first-order valence-corrected chi connectivity index (χ1v) is 11.2. The summed E-state index contributed by atoms with van der Waals surface area (Å²) in [5.74, 6) is -2.61. The van der Waals surface area contributed by atoms with E-state index in [9.17, 15) is 19.2 Å². The highest BCUT2D eigenvalue weighted by Gasteiger charge is 2.26. The molecule has 1 heterocycles. The molecule has 1 aromatic heterocycles. The Morgan fingerprint density at radius 1 is 0.611 bits per heavy atom. The van der Waals surface area contributed by atoms with Gasteiger partial charge in [0.25, 0.3) is 11.8 Å². The number of carbonyl (C=O) groups is 4. The molecule has 3 aromatic rings. The van der Waals surface area contributed by atoms with E-state index in [0.717, 1.165) is 0 Å². The molecule has 0 radical (unpaired) electrons. The number of ether oxygens (including phenoxy) is 2. The van der Waals surface area contributed by atoms with E-state index in [2.05, 4.69) is 4.98 Å². The molecule has 2 aromatic carbocycles. The monoisotopic (exact) mass is 489 g/mol. The number of hydrogen-bond donors (Lipinski definition) is 0. The molecule has 9 nitrogen and oxygen atoms in total. The van der Waals surface area contributed by atoms with Crippen LogP contribution in [0.3, 0.4) is 0 Å². The van der Waals surface area contributed by atoms with Crippen LogP contribution in [0.25, 0.3) is 0 Å². The Morgan fingerprint density at radius 2 is 0.972 bits per heavy atom. The molecule has 0 unspecified atom stereocenters. The summed E-state index contributed by atoms with van der Waals surface area (Å²) in [5, 5.41) is 0. The summed E-state index contributed by atoms with van der Waals surface area (Å²) in [7, 11) is 3.16. The van der Waals surface area contributed by atoms with E-state index >= 15 is 0 Å². The van der Waals surface area contributed by atoms with Crippen LogP contribution in [-0.4, -0.2) is 55.0 Å². The maximum Gasteiger partial charge on any atom is 0.357 e. The van der Waals surface area contributed by atoms with Crippen LogP contribution in [0.15, 0.2) is 78.9 Å². The number of anilines is 2. The molecule has 36 heavy (non-hydrogen) atoms. The lowest BCUT2D eigenvalue weighted by Crippen LogP contribution is -2.38. The maximum absolute atomic E-state index is 12.6. The molecule has 0 spiro atoms. The zero-order valence-electron chi connectivity index (χ0n) is 20.5. The molecule has 186 valence electrons. The van der Waals surface area contributed by atoms with Gasteiger partial charge in [0, 0.05) is 25.5 Å². The average molecular weight is 490 g/mol. The second-order valence-electron chi connectivity index (χ2n) is 7.97. The Morgan fingerprint density at radius 3 is 1.33 bits per heavy atom. The van der Waals surface area contributed by atoms with Crippen molar-refractivity contribution in [2.45, 2.75) is 26.1 Å². The standard InChI is InChI=1S/C27H27N3O6/c1-18(24(31)29(3)20-12-7-5-8-13-20)35-26(33)22-16-11-17-23(28-22)27(34)36-19(2)25(32)30(4)21-14-9-6-10-15-21/h5-19H,1-4H3/t18-,19-/m1/s1. The molecular weight excluding hydrogens is 462 g/mol. The van der Waals surface area contributed by atoms with E-state index in [4.69, 9.17) is 9.47 Å². The molecule has 9 heteroatoms. The summed E-state index contributed by atoms with van der Waals surface area (Å²) in [6, 6.07) is 22.0. The van der Waals surface area contributed by atoms with Crippen LogP contribution in [0, 0.1) is 0 Å². The van der Waals surface area contributed by atoms with E-state index in [1.807, 2.05) is 12.1 Å². The topological polar surface area (TPSA) is 106 Å². The van der Waals surface area contributed by atoms with Gasteiger partial charge in [-0.05, 0) is 50.2 Å². The number of aromatic nitrogens is 1. The number of likely N-dealkylation sites (N-methyl/N-ethyl adjacent to an activating group) is 2. The van der Waals surface area contributed by atoms with Crippen molar-refractivity contribution in [3.8, 4) is 0 Å². The van der Waals surface area contributed by atoms with Crippen molar-refractivity contribution in [1.29, 1.82) is 0 Å². The van der Waals surface area contributed by atoms with Crippen molar-refractivity contribution in [2.75, 3.05) is 23.9 Å². The van der Waals surface area contributed by atoms with Crippen molar-refractivity contribution in [3.63, 3.8) is 0 Å². The second-order valence-corrected chi connectivity index (χ2v) is 7.97. The Kier molecular flexibility index (Phi) is 8.51. The Labute approximate surface area is 209 Å². The summed E-state index contributed by atoms with van der Waals surface area (Å²) < 4.78 is 10.5. The van der Waals surface area contributed by atoms with Gasteiger partial charge in [-0.15, -0.1) is 0 Å². The Hall–Kier alpha value is -4.53. The number of nitrogens with zero attached hydrogens (tertiary/aromatic N) is 3. The van der Waals surface area contributed by atoms with Gasteiger partial charge >= 0.3 is 11.9 Å². The van der Waals surface area contributed by atoms with Gasteiger partial charge in [0.2, 0.25) is 0 Å². The first-order chi connectivity index (χ1) is 17.2. The first kappa shape index (κ1) is 26.1. The smallest absolute Gasteiger partial charge is 0.357 e. The van der Waals surface area contributed by atoms with Gasteiger partial charge in [0.15, 0.2) is 12.2 Å². The molecule has 0 aliphatic rings. The predicted molar refractivity (Wildman–Crippen MR) is 134 cm³/mol. The fraction of sp³-hybridized carbons (Fsp3) is 0.222. The third kappa shape index (κ3) is 6.32. The maximum atomic E-state index is 12.6. The van der Waals surface area contributed by atoms with Crippen LogP contribution >= 0.6 is 0 Å². The zero-order valence-corrected chi connectivity index (χ0v) is 20.5. The lowest BCUT2D eigenvalue weighted by atomic mass is 10.2. The highest BCUT2D eigenvalue weighted by molar-refractivity contribution is 6.00. The molecule has 0 aliphatic heterocycles. The van der Waals surface area contributed by atoms with Gasteiger partial charge in [-0.1, -0.05) is 42.5 Å². The molecule has 2 amide bonds. The molecule has 0 saturated carbocycles. The number of benzene rings is 2. The average Bonchev–Trinajstić information content (AvgIpc) is 2.92. The van der Waals surface area contributed by atoms with E-state index in [-0.39, 0.29) is 11.4 Å². The Bertz CT molecular complexity index is 1140. The highest BCUT2D eigenvalue weighted by atomic mass is 16.6. The van der Waals surface area contributed by atoms with Gasteiger partial charge < -0.3 is 19.3 Å². The van der Waals surface area contributed by atoms with Crippen molar-refractivity contribution in [2.24, 2.45) is 0 Å². The fourth-order valence-electron chi connectivity index (χ4n) is 3.31. The summed E-state index contributed by atoms with van der Waals surface area (Å²) in [5.41, 5.74) is 0.948. The molecule has 0 saturated heterocycles. The largest absolute Gasteiger partial charge is 0.448 e. The number of amides is 2. The minimum absolute atomic E-state index is 0.174. The van der Waals surface area contributed by atoms with Crippen LogP contribution in [0.1, 0.15) is 34.8 Å². The molecule has 0 aliphatic carbocycles. The molecule has 0 N–H and O–H groups in total. The summed E-state index contributed by atoms with van der Waals surface area (Å²) in [4.78, 5) is 57.3. The number of pyridine rings is 1. The van der Waals surface area contributed by atoms with Crippen LogP contribution in [0.5, 0.6) is 0 Å². The van der Waals surface area contributed by atoms with Gasteiger partial charge in [-0.25, -0.2) is 14.6 Å². The van der Waals surface area contributed by atoms with Crippen LogP contribution < -0.4 is 9.80 Å². The summed E-state index contributed by atoms with van der Waals surface area (Å²) in [6.45, 7) is 2.91. The number of rotatable bonds is 8. The number of hydrogen-bond acceptors (Lipinski definition) is 7. The van der Waals surface area contributed by atoms with Crippen LogP contribution in [-0.2, 0) is 19.1 Å². The predicted octanol–water partition coefficient (Wildman–Crippen LogP) is 3.50. The van der Waals surface area contributed by atoms with Crippen molar-refractivity contribution in [1.82, 2.24) is 4.98 Å².